The van der Waals surface area contributed by atoms with E-state index in [1.54, 1.807) is 0 Å². The van der Waals surface area contributed by atoms with Crippen LogP contribution in [0.4, 0.5) is 5.69 Å². The van der Waals surface area contributed by atoms with Crippen LogP contribution < -0.4 is 5.32 Å². The highest BCUT2D eigenvalue weighted by atomic mass is 79.9. The summed E-state index contributed by atoms with van der Waals surface area (Å²) >= 11 is 3.63. The van der Waals surface area contributed by atoms with E-state index in [0.29, 0.717) is 0 Å². The van der Waals surface area contributed by atoms with E-state index in [9.17, 15) is 0 Å². The van der Waals surface area contributed by atoms with Crippen molar-refractivity contribution in [3.63, 3.8) is 0 Å². The molecule has 0 aliphatic heterocycles. The molecule has 2 saturated carbocycles. The van der Waals surface area contributed by atoms with Crippen LogP contribution in [0.25, 0.3) is 0 Å². The van der Waals surface area contributed by atoms with Gasteiger partial charge in [-0.05, 0) is 74.6 Å². The molecule has 17 heavy (non-hydrogen) atoms. The van der Waals surface area contributed by atoms with Gasteiger partial charge in [-0.25, -0.2) is 0 Å². The number of anilines is 1. The standard InChI is InChI=1S/C15H20BrN/c1-9-7-13(8-10(2)14(9)16)17-15(11-3-4-11)12-5-6-12/h7-8,11-12,15,17H,3-6H2,1-2H3. The van der Waals surface area contributed by atoms with Gasteiger partial charge in [0.05, 0.1) is 0 Å². The molecule has 0 unspecified atom stereocenters. The molecule has 0 saturated heterocycles. The number of hydrogen-bond donors (Lipinski definition) is 1. The molecule has 92 valence electrons. The van der Waals surface area contributed by atoms with Crippen LogP contribution in [0.5, 0.6) is 0 Å². The smallest absolute Gasteiger partial charge is 0.0348 e. The van der Waals surface area contributed by atoms with Crippen molar-refractivity contribution < 1.29 is 0 Å². The number of halogens is 1. The molecule has 0 radical (unpaired) electrons. The third kappa shape index (κ3) is 2.52. The first-order valence-corrected chi connectivity index (χ1v) is 7.48. The summed E-state index contributed by atoms with van der Waals surface area (Å²) in [5.74, 6) is 1.90. The van der Waals surface area contributed by atoms with E-state index in [-0.39, 0.29) is 0 Å². The van der Waals surface area contributed by atoms with E-state index in [0.717, 1.165) is 17.9 Å². The molecule has 0 atom stereocenters. The fourth-order valence-corrected chi connectivity index (χ4v) is 2.98. The molecule has 2 aliphatic rings. The van der Waals surface area contributed by atoms with E-state index < -0.39 is 0 Å². The molecule has 0 heterocycles. The molecule has 3 rings (SSSR count). The number of hydrogen-bond acceptors (Lipinski definition) is 1. The molecule has 2 aliphatic carbocycles. The Balaban J connectivity index is 1.79. The molecule has 2 heteroatoms. The van der Waals surface area contributed by atoms with Gasteiger partial charge in [0, 0.05) is 16.2 Å². The summed E-state index contributed by atoms with van der Waals surface area (Å²) in [5.41, 5.74) is 3.97. The highest BCUT2D eigenvalue weighted by Gasteiger charge is 2.41. The fourth-order valence-electron chi connectivity index (χ4n) is 2.75. The van der Waals surface area contributed by atoms with Crippen LogP contribution in [-0.2, 0) is 0 Å². The Hall–Kier alpha value is -0.500. The van der Waals surface area contributed by atoms with E-state index in [1.807, 2.05) is 0 Å². The van der Waals surface area contributed by atoms with Crippen LogP contribution in [-0.4, -0.2) is 6.04 Å². The maximum absolute atomic E-state index is 3.79. The minimum Gasteiger partial charge on any atom is -0.382 e. The molecule has 0 spiro atoms. The van der Waals surface area contributed by atoms with Gasteiger partial charge in [0.2, 0.25) is 0 Å². The van der Waals surface area contributed by atoms with Crippen LogP contribution in [0.2, 0.25) is 0 Å². The maximum atomic E-state index is 3.79. The predicted octanol–water partition coefficient (Wildman–Crippen LogP) is 4.67. The van der Waals surface area contributed by atoms with E-state index in [1.165, 1.54) is 47.0 Å². The molecule has 0 bridgehead atoms. The van der Waals surface area contributed by atoms with Crippen LogP contribution in [0.1, 0.15) is 36.8 Å². The Morgan fingerprint density at radius 3 is 1.94 bits per heavy atom. The van der Waals surface area contributed by atoms with Gasteiger partial charge < -0.3 is 5.32 Å². The van der Waals surface area contributed by atoms with Crippen molar-refractivity contribution >= 4 is 21.6 Å². The molecule has 1 aromatic rings. The maximum Gasteiger partial charge on any atom is 0.0348 e. The number of aryl methyl sites for hydroxylation is 2. The monoisotopic (exact) mass is 293 g/mol. The topological polar surface area (TPSA) is 12.0 Å². The summed E-state index contributed by atoms with van der Waals surface area (Å²) in [5, 5.41) is 3.79. The third-order valence-electron chi connectivity index (χ3n) is 4.03. The summed E-state index contributed by atoms with van der Waals surface area (Å²) in [4.78, 5) is 0. The van der Waals surface area contributed by atoms with Gasteiger partial charge in [0.15, 0.2) is 0 Å². The van der Waals surface area contributed by atoms with Gasteiger partial charge in [-0.15, -0.1) is 0 Å². The second-order valence-electron chi connectivity index (χ2n) is 5.77. The van der Waals surface area contributed by atoms with Crippen LogP contribution in [0.3, 0.4) is 0 Å². The Morgan fingerprint density at radius 1 is 1.06 bits per heavy atom. The Bertz CT molecular complexity index is 398. The molecule has 1 N–H and O–H groups in total. The largest absolute Gasteiger partial charge is 0.382 e. The lowest BCUT2D eigenvalue weighted by Crippen LogP contribution is -2.24. The second kappa shape index (κ2) is 4.31. The zero-order chi connectivity index (χ0) is 12.0. The van der Waals surface area contributed by atoms with Crippen molar-refractivity contribution in [2.75, 3.05) is 5.32 Å². The minimum atomic E-state index is 0.745. The van der Waals surface area contributed by atoms with Gasteiger partial charge >= 0.3 is 0 Å². The first-order valence-electron chi connectivity index (χ1n) is 6.68. The van der Waals surface area contributed by atoms with Crippen molar-refractivity contribution in [2.45, 2.75) is 45.6 Å². The Labute approximate surface area is 112 Å². The summed E-state index contributed by atoms with van der Waals surface area (Å²) < 4.78 is 1.25. The zero-order valence-corrected chi connectivity index (χ0v) is 12.2. The van der Waals surface area contributed by atoms with Gasteiger partial charge in [-0.3, -0.25) is 0 Å². The number of benzene rings is 1. The zero-order valence-electron chi connectivity index (χ0n) is 10.6. The summed E-state index contributed by atoms with van der Waals surface area (Å²) in [6.07, 6.45) is 5.73. The van der Waals surface area contributed by atoms with Crippen molar-refractivity contribution in [1.82, 2.24) is 0 Å². The molecule has 0 aromatic heterocycles. The Kier molecular flexibility index (Phi) is 2.94. The first kappa shape index (κ1) is 11.6. The second-order valence-corrected chi connectivity index (χ2v) is 6.56. The third-order valence-corrected chi connectivity index (χ3v) is 5.28. The van der Waals surface area contributed by atoms with Gasteiger partial charge in [-0.1, -0.05) is 15.9 Å². The summed E-state index contributed by atoms with van der Waals surface area (Å²) in [6.45, 7) is 4.34. The molecular weight excluding hydrogens is 274 g/mol. The SMILES string of the molecule is Cc1cc(NC(C2CC2)C2CC2)cc(C)c1Br. The van der Waals surface area contributed by atoms with Crippen molar-refractivity contribution in [2.24, 2.45) is 11.8 Å². The number of rotatable bonds is 4. The quantitative estimate of drug-likeness (QED) is 0.851. The van der Waals surface area contributed by atoms with Crippen molar-refractivity contribution in [1.29, 1.82) is 0 Å². The van der Waals surface area contributed by atoms with Crippen LogP contribution in [0.15, 0.2) is 16.6 Å². The molecular formula is C15H20BrN. The summed E-state index contributed by atoms with van der Waals surface area (Å²) in [6, 6.07) is 5.29. The van der Waals surface area contributed by atoms with Gasteiger partial charge in [-0.2, -0.15) is 0 Å². The van der Waals surface area contributed by atoms with Gasteiger partial charge in [0.25, 0.3) is 0 Å². The van der Waals surface area contributed by atoms with Crippen molar-refractivity contribution in [3.8, 4) is 0 Å². The Morgan fingerprint density at radius 2 is 1.53 bits per heavy atom. The highest BCUT2D eigenvalue weighted by Crippen LogP contribution is 2.46. The molecule has 1 aromatic carbocycles. The first-order chi connectivity index (χ1) is 8.15. The fraction of sp³-hybridized carbons (Fsp3) is 0.600. The average molecular weight is 294 g/mol. The number of nitrogens with one attached hydrogen (secondary N) is 1. The minimum absolute atomic E-state index is 0.745. The van der Waals surface area contributed by atoms with Crippen LogP contribution in [0, 0.1) is 25.7 Å². The highest BCUT2D eigenvalue weighted by molar-refractivity contribution is 9.10. The molecule has 2 fully saturated rings. The normalized spacial score (nSPS) is 19.8. The van der Waals surface area contributed by atoms with E-state index in [4.69, 9.17) is 0 Å². The lowest BCUT2D eigenvalue weighted by atomic mass is 10.1. The van der Waals surface area contributed by atoms with Crippen molar-refractivity contribution in [3.05, 3.63) is 27.7 Å². The lowest BCUT2D eigenvalue weighted by Gasteiger charge is -2.20. The molecule has 0 amide bonds. The lowest BCUT2D eigenvalue weighted by molar-refractivity contribution is 0.568. The predicted molar refractivity (Wildman–Crippen MR) is 76.5 cm³/mol. The van der Waals surface area contributed by atoms with E-state index >= 15 is 0 Å². The van der Waals surface area contributed by atoms with Crippen LogP contribution >= 0.6 is 15.9 Å². The molecule has 1 nitrogen and oxygen atoms in total. The van der Waals surface area contributed by atoms with Gasteiger partial charge in [0.1, 0.15) is 0 Å². The van der Waals surface area contributed by atoms with E-state index in [2.05, 4.69) is 47.2 Å². The summed E-state index contributed by atoms with van der Waals surface area (Å²) in [7, 11) is 0. The average Bonchev–Trinajstić information content (AvgIpc) is 3.16.